The molecule has 0 fully saturated rings. The van der Waals surface area contributed by atoms with E-state index in [0.29, 0.717) is 19.8 Å². The Hall–Kier alpha value is -1.23. The van der Waals surface area contributed by atoms with Crippen molar-refractivity contribution in [2.24, 2.45) is 0 Å². The third-order valence-electron chi connectivity index (χ3n) is 3.97. The van der Waals surface area contributed by atoms with Crippen molar-refractivity contribution < 1.29 is 38.4 Å². The van der Waals surface area contributed by atoms with Gasteiger partial charge in [-0.15, -0.1) is 6.58 Å². The van der Waals surface area contributed by atoms with Crippen LogP contribution >= 0.6 is 31.9 Å². The Morgan fingerprint density at radius 3 is 1.60 bits per heavy atom. The summed E-state index contributed by atoms with van der Waals surface area (Å²) in [4.78, 5) is 43.3. The molecule has 0 atom stereocenters. The van der Waals surface area contributed by atoms with Crippen LogP contribution in [0.2, 0.25) is 0 Å². The van der Waals surface area contributed by atoms with Crippen LogP contribution in [0.25, 0.3) is 0 Å². The van der Waals surface area contributed by atoms with Crippen molar-refractivity contribution in [1.29, 1.82) is 0 Å². The molecule has 8 nitrogen and oxygen atoms in total. The van der Waals surface area contributed by atoms with Crippen LogP contribution in [-0.2, 0) is 38.4 Å². The Morgan fingerprint density at radius 2 is 1.14 bits per heavy atom. The van der Waals surface area contributed by atoms with Gasteiger partial charge in [0.1, 0.15) is 21.9 Å². The maximum absolute atomic E-state index is 11.5. The summed E-state index contributed by atoms with van der Waals surface area (Å²) in [5.74, 6) is -1.14. The van der Waals surface area contributed by atoms with Crippen LogP contribution in [0.3, 0.4) is 0 Å². The monoisotopic (exact) mass is 628 g/mol. The van der Waals surface area contributed by atoms with Gasteiger partial charge in [-0.2, -0.15) is 0 Å². The summed E-state index contributed by atoms with van der Waals surface area (Å²) < 4.78 is 13.2. The van der Waals surface area contributed by atoms with Crippen molar-refractivity contribution in [2.45, 2.75) is 81.8 Å². The van der Waals surface area contributed by atoms with Crippen LogP contribution in [0, 0.1) is 0 Å². The molecule has 0 spiro atoms. The molecule has 0 aromatic heterocycles. The van der Waals surface area contributed by atoms with Gasteiger partial charge in [-0.25, -0.2) is 14.6 Å². The van der Waals surface area contributed by atoms with Crippen molar-refractivity contribution in [3.8, 4) is 0 Å². The van der Waals surface area contributed by atoms with E-state index in [1.807, 2.05) is 6.92 Å². The first-order valence-corrected chi connectivity index (χ1v) is 13.2. The SMILES string of the molecule is C=C(C)CCCOOCCCCCCOC(=O)C(C)(C)Br.C=CC(=O)OCCOC(=O)C(C)(C)Br. The standard InChI is InChI=1S/C16H29BrO4.C9H13BrO4/c1-14(2)10-9-13-21-20-12-8-6-5-7-11-19-15(18)16(3,4)17;1-4-7(11)13-5-6-14-8(12)9(2,3)10/h1,5-13H2,2-4H3;4H,1,5-6H2,2-3H3. The molecular formula is C25H42Br2O8. The summed E-state index contributed by atoms with van der Waals surface area (Å²) in [6.07, 6.45) is 6.89. The number of unbranched alkanes of at least 4 members (excludes halogenated alkanes) is 3. The van der Waals surface area contributed by atoms with Crippen molar-refractivity contribution in [3.05, 3.63) is 24.8 Å². The average molecular weight is 630 g/mol. The van der Waals surface area contributed by atoms with Crippen LogP contribution in [0.5, 0.6) is 0 Å². The minimum absolute atomic E-state index is 0.0413. The maximum atomic E-state index is 11.5. The third kappa shape index (κ3) is 25.7. The molecule has 204 valence electrons. The Morgan fingerprint density at radius 1 is 0.714 bits per heavy atom. The lowest BCUT2D eigenvalue weighted by Crippen LogP contribution is -2.28. The first-order valence-electron chi connectivity index (χ1n) is 11.6. The van der Waals surface area contributed by atoms with Gasteiger partial charge in [0.2, 0.25) is 0 Å². The zero-order chi connectivity index (χ0) is 27.3. The van der Waals surface area contributed by atoms with E-state index in [2.05, 4.69) is 49.8 Å². The number of hydrogen-bond donors (Lipinski definition) is 0. The summed E-state index contributed by atoms with van der Waals surface area (Å²) in [5, 5.41) is 0. The van der Waals surface area contributed by atoms with E-state index in [0.717, 1.165) is 44.6 Å². The summed E-state index contributed by atoms with van der Waals surface area (Å²) in [6, 6.07) is 0. The van der Waals surface area contributed by atoms with Gasteiger partial charge in [-0.3, -0.25) is 9.59 Å². The lowest BCUT2D eigenvalue weighted by Gasteiger charge is -2.14. The van der Waals surface area contributed by atoms with Gasteiger partial charge < -0.3 is 14.2 Å². The highest BCUT2D eigenvalue weighted by Crippen LogP contribution is 2.18. The molecule has 0 N–H and O–H groups in total. The quantitative estimate of drug-likeness (QED) is 0.0266. The second-order valence-corrected chi connectivity index (χ2v) is 12.7. The van der Waals surface area contributed by atoms with Crippen molar-refractivity contribution in [2.75, 3.05) is 33.0 Å². The highest BCUT2D eigenvalue weighted by molar-refractivity contribution is 9.10. The number of carbonyl (C=O) groups excluding carboxylic acids is 3. The molecule has 0 aliphatic rings. The Bertz CT molecular complexity index is 636. The van der Waals surface area contributed by atoms with Crippen molar-refractivity contribution in [3.63, 3.8) is 0 Å². The molecule has 0 aromatic carbocycles. The fraction of sp³-hybridized carbons (Fsp3) is 0.720. The summed E-state index contributed by atoms with van der Waals surface area (Å²) >= 11 is 6.41. The van der Waals surface area contributed by atoms with Crippen molar-refractivity contribution in [1.82, 2.24) is 0 Å². The van der Waals surface area contributed by atoms with Gasteiger partial charge in [0, 0.05) is 6.08 Å². The predicted octanol–water partition coefficient (Wildman–Crippen LogP) is 6.00. The predicted molar refractivity (Wildman–Crippen MR) is 144 cm³/mol. The van der Waals surface area contributed by atoms with Crippen LogP contribution in [0.15, 0.2) is 24.8 Å². The lowest BCUT2D eigenvalue weighted by atomic mass is 10.2. The molecule has 0 aromatic rings. The first kappa shape index (κ1) is 35.9. The third-order valence-corrected chi connectivity index (χ3v) is 4.62. The molecular weight excluding hydrogens is 588 g/mol. The molecule has 0 aliphatic heterocycles. The van der Waals surface area contributed by atoms with E-state index in [9.17, 15) is 14.4 Å². The van der Waals surface area contributed by atoms with E-state index in [1.165, 1.54) is 5.57 Å². The molecule has 10 heteroatoms. The van der Waals surface area contributed by atoms with Crippen LogP contribution < -0.4 is 0 Å². The fourth-order valence-electron chi connectivity index (χ4n) is 2.01. The van der Waals surface area contributed by atoms with E-state index < -0.39 is 20.6 Å². The molecule has 0 aliphatic carbocycles. The smallest absolute Gasteiger partial charge is 0.330 e. The molecule has 0 rings (SSSR count). The minimum atomic E-state index is -0.713. The van der Waals surface area contributed by atoms with Gasteiger partial charge in [-0.1, -0.05) is 50.4 Å². The van der Waals surface area contributed by atoms with E-state index in [-0.39, 0.29) is 19.2 Å². The van der Waals surface area contributed by atoms with Crippen molar-refractivity contribution >= 4 is 49.8 Å². The zero-order valence-electron chi connectivity index (χ0n) is 21.8. The number of hydrogen-bond acceptors (Lipinski definition) is 8. The van der Waals surface area contributed by atoms with Gasteiger partial charge >= 0.3 is 17.9 Å². The number of carbonyl (C=O) groups is 3. The zero-order valence-corrected chi connectivity index (χ0v) is 25.0. The maximum Gasteiger partial charge on any atom is 0.330 e. The largest absolute Gasteiger partial charge is 0.465 e. The van der Waals surface area contributed by atoms with Gasteiger partial charge in [0.05, 0.1) is 19.8 Å². The highest BCUT2D eigenvalue weighted by Gasteiger charge is 2.25. The van der Waals surface area contributed by atoms with Crippen LogP contribution in [0.1, 0.15) is 73.1 Å². The molecule has 0 amide bonds. The molecule has 35 heavy (non-hydrogen) atoms. The number of allylic oxidation sites excluding steroid dienone is 1. The Kier molecular flexibility index (Phi) is 21.5. The number of ether oxygens (including phenoxy) is 3. The molecule has 0 radical (unpaired) electrons. The first-order chi connectivity index (χ1) is 16.2. The lowest BCUT2D eigenvalue weighted by molar-refractivity contribution is -0.295. The second kappa shape index (κ2) is 20.9. The van der Waals surface area contributed by atoms with Crippen LogP contribution in [0.4, 0.5) is 0 Å². The minimum Gasteiger partial charge on any atom is -0.465 e. The van der Waals surface area contributed by atoms with Gasteiger partial charge in [0.25, 0.3) is 0 Å². The van der Waals surface area contributed by atoms with E-state index >= 15 is 0 Å². The van der Waals surface area contributed by atoms with E-state index in [1.54, 1.807) is 27.7 Å². The summed E-state index contributed by atoms with van der Waals surface area (Å²) in [6.45, 7) is 17.8. The summed E-state index contributed by atoms with van der Waals surface area (Å²) in [5.41, 5.74) is 1.17. The molecule has 0 bridgehead atoms. The normalized spacial score (nSPS) is 11.1. The molecule has 0 heterocycles. The number of halogens is 2. The Labute approximate surface area is 227 Å². The number of rotatable bonds is 18. The van der Waals surface area contributed by atoms with Gasteiger partial charge in [-0.05, 0) is 66.7 Å². The van der Waals surface area contributed by atoms with Gasteiger partial charge in [0.15, 0.2) is 0 Å². The highest BCUT2D eigenvalue weighted by atomic mass is 79.9. The number of esters is 3. The molecule has 0 saturated heterocycles. The topological polar surface area (TPSA) is 97.4 Å². The molecule has 0 unspecified atom stereocenters. The Balaban J connectivity index is 0. The average Bonchev–Trinajstić information content (AvgIpc) is 2.75. The summed E-state index contributed by atoms with van der Waals surface area (Å²) in [7, 11) is 0. The van der Waals surface area contributed by atoms with E-state index in [4.69, 9.17) is 19.2 Å². The second-order valence-electron chi connectivity index (χ2n) is 8.71. The molecule has 0 saturated carbocycles. The number of alkyl halides is 2. The van der Waals surface area contributed by atoms with Crippen LogP contribution in [-0.4, -0.2) is 59.6 Å². The fourth-order valence-corrected chi connectivity index (χ4v) is 2.24.